The molecule has 14 heavy (non-hydrogen) atoms. The summed E-state index contributed by atoms with van der Waals surface area (Å²) < 4.78 is 0. The highest BCUT2D eigenvalue weighted by molar-refractivity contribution is 4.74. The molecule has 1 aliphatic carbocycles. The molecule has 0 unspecified atom stereocenters. The van der Waals surface area contributed by atoms with Crippen molar-refractivity contribution in [3.63, 3.8) is 0 Å². The van der Waals surface area contributed by atoms with Gasteiger partial charge in [-0.05, 0) is 44.2 Å². The van der Waals surface area contributed by atoms with Gasteiger partial charge in [-0.25, -0.2) is 0 Å². The van der Waals surface area contributed by atoms with Gasteiger partial charge in [0.15, 0.2) is 0 Å². The predicted octanol–water partition coefficient (Wildman–Crippen LogP) is 3.37. The molecule has 0 aromatic carbocycles. The van der Waals surface area contributed by atoms with E-state index in [1.54, 1.807) is 0 Å². The lowest BCUT2D eigenvalue weighted by molar-refractivity contribution is 0.263. The van der Waals surface area contributed by atoms with Crippen molar-refractivity contribution in [2.45, 2.75) is 45.4 Å². The van der Waals surface area contributed by atoms with E-state index in [-0.39, 0.29) is 0 Å². The van der Waals surface area contributed by atoms with E-state index in [2.05, 4.69) is 18.8 Å². The largest absolute Gasteiger partial charge is 0.316 e. The van der Waals surface area contributed by atoms with Crippen LogP contribution in [0.3, 0.4) is 0 Å². The first-order chi connectivity index (χ1) is 6.86. The van der Waals surface area contributed by atoms with E-state index in [1.807, 2.05) is 6.08 Å². The monoisotopic (exact) mass is 195 g/mol. The lowest BCUT2D eigenvalue weighted by atomic mass is 9.81. The molecule has 1 aliphatic rings. The number of rotatable bonds is 6. The van der Waals surface area contributed by atoms with Crippen LogP contribution in [-0.4, -0.2) is 13.1 Å². The molecule has 0 saturated heterocycles. The molecule has 0 amide bonds. The highest BCUT2D eigenvalue weighted by Crippen LogP contribution is 2.29. The number of nitrogens with one attached hydrogen (secondary N) is 1. The average molecular weight is 195 g/mol. The molecule has 0 aromatic heterocycles. The van der Waals surface area contributed by atoms with Crippen LogP contribution in [-0.2, 0) is 0 Å². The predicted molar refractivity (Wildman–Crippen MR) is 63.4 cm³/mol. The van der Waals surface area contributed by atoms with E-state index in [1.165, 1.54) is 38.6 Å². The van der Waals surface area contributed by atoms with Crippen molar-refractivity contribution in [3.05, 3.63) is 12.7 Å². The first kappa shape index (κ1) is 11.8. The molecule has 0 aliphatic heterocycles. The molecular formula is C13H25N. The normalized spacial score (nSPS) is 27.5. The van der Waals surface area contributed by atoms with E-state index < -0.39 is 0 Å². The van der Waals surface area contributed by atoms with E-state index in [9.17, 15) is 0 Å². The van der Waals surface area contributed by atoms with E-state index in [0.29, 0.717) is 0 Å². The van der Waals surface area contributed by atoms with Gasteiger partial charge in [-0.1, -0.05) is 32.3 Å². The van der Waals surface area contributed by atoms with Crippen molar-refractivity contribution in [2.75, 3.05) is 13.1 Å². The Kier molecular flexibility index (Phi) is 5.93. The van der Waals surface area contributed by atoms with E-state index in [4.69, 9.17) is 0 Å². The molecule has 1 fully saturated rings. The van der Waals surface area contributed by atoms with Gasteiger partial charge >= 0.3 is 0 Å². The topological polar surface area (TPSA) is 12.0 Å². The second-order valence-corrected chi connectivity index (χ2v) is 4.58. The third kappa shape index (κ3) is 4.28. The fourth-order valence-electron chi connectivity index (χ4n) is 2.35. The van der Waals surface area contributed by atoms with Crippen molar-refractivity contribution in [2.24, 2.45) is 11.8 Å². The Morgan fingerprint density at radius 1 is 1.21 bits per heavy atom. The Bertz CT molecular complexity index is 145. The summed E-state index contributed by atoms with van der Waals surface area (Å²) >= 11 is 0. The smallest absolute Gasteiger partial charge is 0.00143 e. The minimum atomic E-state index is 0.947. The SMILES string of the molecule is C=CCCNCC1CCC(CC)CC1. The first-order valence-electron chi connectivity index (χ1n) is 6.18. The van der Waals surface area contributed by atoms with Crippen LogP contribution in [0.5, 0.6) is 0 Å². The van der Waals surface area contributed by atoms with Crippen LogP contribution in [0.25, 0.3) is 0 Å². The zero-order valence-electron chi connectivity index (χ0n) is 9.60. The molecular weight excluding hydrogens is 170 g/mol. The average Bonchev–Trinajstić information content (AvgIpc) is 2.25. The van der Waals surface area contributed by atoms with Crippen LogP contribution < -0.4 is 5.32 Å². The highest BCUT2D eigenvalue weighted by Gasteiger charge is 2.19. The standard InChI is InChI=1S/C13H25N/c1-3-5-10-14-11-13-8-6-12(4-2)7-9-13/h3,12-14H,1,4-11H2,2H3. The minimum absolute atomic E-state index is 0.947. The fourth-order valence-corrected chi connectivity index (χ4v) is 2.35. The summed E-state index contributed by atoms with van der Waals surface area (Å²) in [5.41, 5.74) is 0. The van der Waals surface area contributed by atoms with Crippen molar-refractivity contribution in [1.82, 2.24) is 5.32 Å². The summed E-state index contributed by atoms with van der Waals surface area (Å²) in [7, 11) is 0. The van der Waals surface area contributed by atoms with Gasteiger partial charge in [0.05, 0.1) is 0 Å². The van der Waals surface area contributed by atoms with Crippen LogP contribution in [0.4, 0.5) is 0 Å². The van der Waals surface area contributed by atoms with E-state index in [0.717, 1.165) is 24.8 Å². The van der Waals surface area contributed by atoms with Crippen LogP contribution in [0.1, 0.15) is 45.4 Å². The summed E-state index contributed by atoms with van der Waals surface area (Å²) in [6.07, 6.45) is 10.3. The zero-order valence-corrected chi connectivity index (χ0v) is 9.60. The Hall–Kier alpha value is -0.300. The number of hydrogen-bond donors (Lipinski definition) is 1. The van der Waals surface area contributed by atoms with Crippen LogP contribution >= 0.6 is 0 Å². The highest BCUT2D eigenvalue weighted by atomic mass is 14.8. The molecule has 1 heteroatoms. The summed E-state index contributed by atoms with van der Waals surface area (Å²) in [6, 6.07) is 0. The van der Waals surface area contributed by atoms with Gasteiger partial charge in [0, 0.05) is 0 Å². The maximum atomic E-state index is 3.73. The summed E-state index contributed by atoms with van der Waals surface area (Å²) in [5, 5.41) is 3.52. The van der Waals surface area contributed by atoms with Gasteiger partial charge in [-0.2, -0.15) is 0 Å². The second kappa shape index (κ2) is 7.05. The molecule has 0 atom stereocenters. The molecule has 0 bridgehead atoms. The third-order valence-electron chi connectivity index (χ3n) is 3.50. The molecule has 82 valence electrons. The maximum Gasteiger partial charge on any atom is -0.00143 e. The van der Waals surface area contributed by atoms with Crippen molar-refractivity contribution in [1.29, 1.82) is 0 Å². The molecule has 0 aromatic rings. The lowest BCUT2D eigenvalue weighted by Crippen LogP contribution is -2.26. The Balaban J connectivity index is 2.01. The Labute approximate surface area is 89.0 Å². The molecule has 0 heterocycles. The van der Waals surface area contributed by atoms with Crippen LogP contribution in [0, 0.1) is 11.8 Å². The summed E-state index contributed by atoms with van der Waals surface area (Å²) in [6.45, 7) is 8.39. The molecule has 1 rings (SSSR count). The molecule has 0 radical (unpaired) electrons. The van der Waals surface area contributed by atoms with Crippen molar-refractivity contribution < 1.29 is 0 Å². The molecule has 1 saturated carbocycles. The van der Waals surface area contributed by atoms with Crippen molar-refractivity contribution >= 4 is 0 Å². The van der Waals surface area contributed by atoms with Gasteiger partial charge in [0.25, 0.3) is 0 Å². The fraction of sp³-hybridized carbons (Fsp3) is 0.846. The van der Waals surface area contributed by atoms with Crippen LogP contribution in [0.15, 0.2) is 12.7 Å². The van der Waals surface area contributed by atoms with Crippen molar-refractivity contribution in [3.8, 4) is 0 Å². The first-order valence-corrected chi connectivity index (χ1v) is 6.18. The summed E-state index contributed by atoms with van der Waals surface area (Å²) in [4.78, 5) is 0. The third-order valence-corrected chi connectivity index (χ3v) is 3.50. The second-order valence-electron chi connectivity index (χ2n) is 4.58. The Morgan fingerprint density at radius 2 is 1.86 bits per heavy atom. The number of hydrogen-bond acceptors (Lipinski definition) is 1. The quantitative estimate of drug-likeness (QED) is 0.506. The van der Waals surface area contributed by atoms with Gasteiger partial charge in [0.1, 0.15) is 0 Å². The van der Waals surface area contributed by atoms with Gasteiger partial charge in [-0.3, -0.25) is 0 Å². The van der Waals surface area contributed by atoms with E-state index >= 15 is 0 Å². The molecule has 1 N–H and O–H groups in total. The van der Waals surface area contributed by atoms with Crippen LogP contribution in [0.2, 0.25) is 0 Å². The van der Waals surface area contributed by atoms with Gasteiger partial charge < -0.3 is 5.32 Å². The van der Waals surface area contributed by atoms with Gasteiger partial charge in [0.2, 0.25) is 0 Å². The Morgan fingerprint density at radius 3 is 2.43 bits per heavy atom. The molecule has 0 spiro atoms. The zero-order chi connectivity index (χ0) is 10.2. The minimum Gasteiger partial charge on any atom is -0.316 e. The lowest BCUT2D eigenvalue weighted by Gasteiger charge is -2.27. The molecule has 1 nitrogen and oxygen atoms in total. The van der Waals surface area contributed by atoms with Gasteiger partial charge in [-0.15, -0.1) is 6.58 Å². The maximum absolute atomic E-state index is 3.73. The summed E-state index contributed by atoms with van der Waals surface area (Å²) in [5.74, 6) is 1.97.